The third kappa shape index (κ3) is 68.7. The molecule has 2 atom stereocenters. The van der Waals surface area contributed by atoms with Crippen molar-refractivity contribution in [3.05, 3.63) is 60.8 Å². The lowest BCUT2D eigenvalue weighted by atomic mass is 10.0. The number of rotatable bonds is 70. The molecule has 0 fully saturated rings. The highest BCUT2D eigenvalue weighted by molar-refractivity contribution is 5.76. The molecule has 0 aromatic rings. The van der Waals surface area contributed by atoms with Crippen LogP contribution in [0.25, 0.3) is 0 Å². The van der Waals surface area contributed by atoms with Crippen molar-refractivity contribution < 1.29 is 24.5 Å². The summed E-state index contributed by atoms with van der Waals surface area (Å²) in [6.07, 6.45) is 97.4. The van der Waals surface area contributed by atoms with Gasteiger partial charge in [0, 0.05) is 12.8 Å². The van der Waals surface area contributed by atoms with Gasteiger partial charge < -0.3 is 20.3 Å². The quantitative estimate of drug-likeness (QED) is 0.0320. The summed E-state index contributed by atoms with van der Waals surface area (Å²) in [5.41, 5.74) is 0. The third-order valence-corrected chi connectivity index (χ3v) is 17.3. The van der Waals surface area contributed by atoms with Crippen molar-refractivity contribution in [3.63, 3.8) is 0 Å². The van der Waals surface area contributed by atoms with Gasteiger partial charge in [0.2, 0.25) is 5.91 Å². The number of aliphatic hydroxyl groups excluding tert-OH is 2. The highest BCUT2D eigenvalue weighted by atomic mass is 16.5. The molecule has 492 valence electrons. The van der Waals surface area contributed by atoms with Crippen LogP contribution in [0.2, 0.25) is 0 Å². The Hall–Kier alpha value is -2.44. The number of hydrogen-bond acceptors (Lipinski definition) is 5. The van der Waals surface area contributed by atoms with Gasteiger partial charge in [-0.15, -0.1) is 0 Å². The highest BCUT2D eigenvalue weighted by Gasteiger charge is 2.18. The van der Waals surface area contributed by atoms with Crippen LogP contribution in [0, 0.1) is 0 Å². The maximum absolute atomic E-state index is 12.5. The number of hydrogen-bond donors (Lipinski definition) is 3. The van der Waals surface area contributed by atoms with E-state index in [4.69, 9.17) is 4.74 Å². The summed E-state index contributed by atoms with van der Waals surface area (Å²) in [6, 6.07) is -0.635. The van der Waals surface area contributed by atoms with E-state index in [9.17, 15) is 19.8 Å². The standard InChI is InChI=1S/C78H145NO5/c1-3-5-7-9-11-13-15-17-19-21-23-24-28-31-35-38-42-46-50-54-58-62-66-70-76(81)75(74-80)79-77(82)71-67-63-59-55-51-47-43-39-36-32-29-26-25-27-30-33-37-41-45-49-53-57-61-65-69-73-84-78(83)72-68-64-60-56-52-48-44-40-34-22-20-18-16-14-12-10-8-6-4-2/h12,14,18,20,26-27,29-30,66,70,75-76,80-81H,3-11,13,15-17,19,21-25,28,31-65,67-69,71-74H2,1-2H3,(H,79,82)/b14-12-,20-18-,29-26-,30-27-,70-66+. The monoisotopic (exact) mass is 1180 g/mol. The molecule has 0 saturated carbocycles. The van der Waals surface area contributed by atoms with E-state index in [1.165, 1.54) is 315 Å². The Labute approximate surface area is 524 Å². The maximum Gasteiger partial charge on any atom is 0.305 e. The lowest BCUT2D eigenvalue weighted by molar-refractivity contribution is -0.143. The summed E-state index contributed by atoms with van der Waals surface area (Å²) in [5.74, 6) is -0.0659. The number of carbonyl (C=O) groups is 2. The first-order valence-electron chi connectivity index (χ1n) is 37.6. The Balaban J connectivity index is 3.45. The van der Waals surface area contributed by atoms with E-state index in [-0.39, 0.29) is 18.5 Å². The predicted molar refractivity (Wildman–Crippen MR) is 370 cm³/mol. The normalized spacial score (nSPS) is 12.9. The number of unbranched alkanes of at least 4 members (excludes halogenated alkanes) is 51. The molecule has 0 aliphatic carbocycles. The number of amides is 1. The Morgan fingerprint density at radius 1 is 0.333 bits per heavy atom. The van der Waals surface area contributed by atoms with E-state index in [0.717, 1.165) is 57.8 Å². The lowest BCUT2D eigenvalue weighted by Gasteiger charge is -2.20. The zero-order chi connectivity index (χ0) is 60.6. The smallest absolute Gasteiger partial charge is 0.305 e. The van der Waals surface area contributed by atoms with Crippen LogP contribution >= 0.6 is 0 Å². The van der Waals surface area contributed by atoms with Crippen molar-refractivity contribution in [3.8, 4) is 0 Å². The summed E-state index contributed by atoms with van der Waals surface area (Å²) in [7, 11) is 0. The van der Waals surface area contributed by atoms with E-state index in [1.54, 1.807) is 6.08 Å². The van der Waals surface area contributed by atoms with Gasteiger partial charge in [-0.25, -0.2) is 0 Å². The molecule has 84 heavy (non-hydrogen) atoms. The topological polar surface area (TPSA) is 95.9 Å². The van der Waals surface area contributed by atoms with Crippen LogP contribution in [-0.4, -0.2) is 47.4 Å². The Morgan fingerprint density at radius 2 is 0.595 bits per heavy atom. The van der Waals surface area contributed by atoms with Gasteiger partial charge in [0.1, 0.15) is 0 Å². The first-order chi connectivity index (χ1) is 41.5. The van der Waals surface area contributed by atoms with Crippen molar-refractivity contribution in [2.24, 2.45) is 0 Å². The van der Waals surface area contributed by atoms with Crippen LogP contribution in [-0.2, 0) is 14.3 Å². The third-order valence-electron chi connectivity index (χ3n) is 17.3. The van der Waals surface area contributed by atoms with Gasteiger partial charge in [-0.3, -0.25) is 9.59 Å². The number of aliphatic hydroxyl groups is 2. The summed E-state index contributed by atoms with van der Waals surface area (Å²) in [5, 5.41) is 23.3. The number of esters is 1. The second-order valence-corrected chi connectivity index (χ2v) is 25.6. The second-order valence-electron chi connectivity index (χ2n) is 25.6. The van der Waals surface area contributed by atoms with E-state index < -0.39 is 12.1 Å². The van der Waals surface area contributed by atoms with Gasteiger partial charge in [0.15, 0.2) is 0 Å². The number of nitrogens with one attached hydrogen (secondary N) is 1. The summed E-state index contributed by atoms with van der Waals surface area (Å²) in [4.78, 5) is 24.7. The van der Waals surface area contributed by atoms with E-state index in [1.807, 2.05) is 6.08 Å². The minimum atomic E-state index is -0.851. The van der Waals surface area contributed by atoms with Crippen LogP contribution in [0.15, 0.2) is 60.8 Å². The van der Waals surface area contributed by atoms with E-state index >= 15 is 0 Å². The van der Waals surface area contributed by atoms with Crippen LogP contribution in [0.1, 0.15) is 399 Å². The first kappa shape index (κ1) is 81.6. The molecule has 1 amide bonds. The molecular weight excluding hydrogens is 1030 g/mol. The van der Waals surface area contributed by atoms with Crippen molar-refractivity contribution in [1.82, 2.24) is 5.32 Å². The molecule has 0 aliphatic heterocycles. The average Bonchev–Trinajstić information content (AvgIpc) is 3.51. The fraction of sp³-hybridized carbons (Fsp3) is 0.846. The summed E-state index contributed by atoms with van der Waals surface area (Å²) < 4.78 is 5.50. The fourth-order valence-corrected chi connectivity index (χ4v) is 11.5. The molecule has 2 unspecified atom stereocenters. The van der Waals surface area contributed by atoms with Gasteiger partial charge in [0.25, 0.3) is 0 Å². The van der Waals surface area contributed by atoms with Gasteiger partial charge in [-0.2, -0.15) is 0 Å². The summed E-state index contributed by atoms with van der Waals surface area (Å²) >= 11 is 0. The summed E-state index contributed by atoms with van der Waals surface area (Å²) in [6.45, 7) is 4.90. The minimum absolute atomic E-state index is 0.00499. The molecule has 6 heteroatoms. The van der Waals surface area contributed by atoms with Gasteiger partial charge >= 0.3 is 5.97 Å². The molecule has 0 spiro atoms. The maximum atomic E-state index is 12.5. The predicted octanol–water partition coefficient (Wildman–Crippen LogP) is 24.6. The molecule has 3 N–H and O–H groups in total. The lowest BCUT2D eigenvalue weighted by Crippen LogP contribution is -2.45. The number of ether oxygens (including phenoxy) is 1. The number of carbonyl (C=O) groups excluding carboxylic acids is 2. The first-order valence-corrected chi connectivity index (χ1v) is 37.6. The van der Waals surface area contributed by atoms with Crippen LogP contribution in [0.4, 0.5) is 0 Å². The molecule has 6 nitrogen and oxygen atoms in total. The molecule has 0 saturated heterocycles. The fourth-order valence-electron chi connectivity index (χ4n) is 11.5. The largest absolute Gasteiger partial charge is 0.466 e. The zero-order valence-electron chi connectivity index (χ0n) is 56.4. The van der Waals surface area contributed by atoms with E-state index in [2.05, 4.69) is 67.8 Å². The SMILES string of the molecule is CCCCC/C=C\C/C=C\CCCCCCCCCCCC(=O)OCCCCCCCCCCC/C=C\C/C=C\CCCCCCCCCCCC(=O)NC(CO)C(O)/C=C/CCCCCCCCCCCCCCCCCCCCCCC. The molecule has 0 heterocycles. The van der Waals surface area contributed by atoms with E-state index in [0.29, 0.717) is 19.4 Å². The van der Waals surface area contributed by atoms with Crippen LogP contribution in [0.5, 0.6) is 0 Å². The Bertz CT molecular complexity index is 1450. The Morgan fingerprint density at radius 3 is 0.929 bits per heavy atom. The molecule has 0 aliphatic rings. The minimum Gasteiger partial charge on any atom is -0.466 e. The molecule has 0 aromatic heterocycles. The van der Waals surface area contributed by atoms with Gasteiger partial charge in [-0.1, -0.05) is 351 Å². The van der Waals surface area contributed by atoms with Crippen molar-refractivity contribution in [1.29, 1.82) is 0 Å². The molecule has 0 aromatic carbocycles. The van der Waals surface area contributed by atoms with Crippen LogP contribution < -0.4 is 5.32 Å². The zero-order valence-corrected chi connectivity index (χ0v) is 56.4. The molecule has 0 bridgehead atoms. The average molecular weight is 1180 g/mol. The second kappa shape index (κ2) is 73.0. The highest BCUT2D eigenvalue weighted by Crippen LogP contribution is 2.18. The van der Waals surface area contributed by atoms with Crippen molar-refractivity contribution in [2.75, 3.05) is 13.2 Å². The molecule has 0 radical (unpaired) electrons. The van der Waals surface area contributed by atoms with Crippen molar-refractivity contribution in [2.45, 2.75) is 411 Å². The number of allylic oxidation sites excluding steroid dienone is 9. The van der Waals surface area contributed by atoms with Gasteiger partial charge in [-0.05, 0) is 96.3 Å². The molecular formula is C78H145NO5. The molecule has 0 rings (SSSR count). The van der Waals surface area contributed by atoms with Crippen LogP contribution in [0.3, 0.4) is 0 Å². The van der Waals surface area contributed by atoms with Gasteiger partial charge in [0.05, 0.1) is 25.4 Å². The Kier molecular flexibility index (Phi) is 70.9. The van der Waals surface area contributed by atoms with Crippen molar-refractivity contribution >= 4 is 11.9 Å².